The lowest BCUT2D eigenvalue weighted by atomic mass is 9.83. The van der Waals surface area contributed by atoms with E-state index in [1.807, 2.05) is 0 Å². The maximum Gasteiger partial charge on any atom is 0.232 e. The van der Waals surface area contributed by atoms with Gasteiger partial charge in [0.25, 0.3) is 0 Å². The Morgan fingerprint density at radius 3 is 2.47 bits per heavy atom. The molecule has 0 heterocycles. The summed E-state index contributed by atoms with van der Waals surface area (Å²) in [6.45, 7) is 1.47. The summed E-state index contributed by atoms with van der Waals surface area (Å²) in [5.74, 6) is 0.939. The van der Waals surface area contributed by atoms with Crippen LogP contribution < -0.4 is 0 Å². The molecule has 0 atom stereocenters. The molecule has 0 aromatic carbocycles. The molecule has 1 saturated carbocycles. The van der Waals surface area contributed by atoms with Gasteiger partial charge in [0, 0.05) is 23.9 Å². The summed E-state index contributed by atoms with van der Waals surface area (Å²) >= 11 is 0. The maximum atomic E-state index is 10.6. The van der Waals surface area contributed by atoms with E-state index < -0.39 is 9.05 Å². The predicted molar refractivity (Wildman–Crippen MR) is 61.7 cm³/mol. The second-order valence-electron chi connectivity index (χ2n) is 4.15. The summed E-state index contributed by atoms with van der Waals surface area (Å²) in [5.41, 5.74) is 0. The lowest BCUT2D eigenvalue weighted by Crippen LogP contribution is -2.13. The zero-order valence-corrected chi connectivity index (χ0v) is 10.5. The van der Waals surface area contributed by atoms with Gasteiger partial charge in [0.2, 0.25) is 9.05 Å². The molecule has 3 nitrogen and oxygen atoms in total. The first kappa shape index (κ1) is 13.3. The summed E-state index contributed by atoms with van der Waals surface area (Å²) in [4.78, 5) is 0. The molecule has 1 aliphatic rings. The highest BCUT2D eigenvalue weighted by Crippen LogP contribution is 2.29. The van der Waals surface area contributed by atoms with Crippen LogP contribution in [0.5, 0.6) is 0 Å². The SMILES string of the molecule is O=S(=O)(Cl)CCCCOCCC1CCC1. The normalized spacial score (nSPS) is 17.7. The molecular weight excluding hydrogens is 236 g/mol. The van der Waals surface area contributed by atoms with Crippen molar-refractivity contribution in [1.82, 2.24) is 0 Å². The molecule has 0 spiro atoms. The minimum atomic E-state index is -3.31. The fourth-order valence-corrected chi connectivity index (χ4v) is 2.49. The Morgan fingerprint density at radius 2 is 1.93 bits per heavy atom. The topological polar surface area (TPSA) is 43.4 Å². The Hall–Kier alpha value is 0.200. The summed E-state index contributed by atoms with van der Waals surface area (Å²) < 4.78 is 26.6. The van der Waals surface area contributed by atoms with Crippen molar-refractivity contribution < 1.29 is 13.2 Å². The van der Waals surface area contributed by atoms with Crippen molar-refractivity contribution in [1.29, 1.82) is 0 Å². The van der Waals surface area contributed by atoms with Crippen LogP contribution in [0.3, 0.4) is 0 Å². The van der Waals surface area contributed by atoms with Crippen LogP contribution >= 0.6 is 10.7 Å². The fraction of sp³-hybridized carbons (Fsp3) is 1.00. The van der Waals surface area contributed by atoms with Gasteiger partial charge in [-0.3, -0.25) is 0 Å². The Bertz CT molecular complexity index is 260. The van der Waals surface area contributed by atoms with Gasteiger partial charge in [-0.1, -0.05) is 19.3 Å². The molecule has 5 heteroatoms. The molecule has 0 saturated heterocycles. The molecule has 0 radical (unpaired) electrons. The van der Waals surface area contributed by atoms with Crippen molar-refractivity contribution in [3.63, 3.8) is 0 Å². The molecule has 1 fully saturated rings. The van der Waals surface area contributed by atoms with Gasteiger partial charge >= 0.3 is 0 Å². The summed E-state index contributed by atoms with van der Waals surface area (Å²) in [5, 5.41) is 0. The second kappa shape index (κ2) is 6.71. The van der Waals surface area contributed by atoms with Crippen LogP contribution in [0.2, 0.25) is 0 Å². The van der Waals surface area contributed by atoms with Crippen LogP contribution in [0.25, 0.3) is 0 Å². The molecule has 1 rings (SSSR count). The van der Waals surface area contributed by atoms with Crippen LogP contribution in [-0.4, -0.2) is 27.4 Å². The molecule has 90 valence electrons. The van der Waals surface area contributed by atoms with Crippen LogP contribution in [0, 0.1) is 5.92 Å². The fourth-order valence-electron chi connectivity index (χ4n) is 1.61. The molecule has 0 aromatic heterocycles. The average molecular weight is 255 g/mol. The van der Waals surface area contributed by atoms with Crippen LogP contribution in [0.15, 0.2) is 0 Å². The minimum Gasteiger partial charge on any atom is -0.381 e. The molecule has 0 aromatic rings. The van der Waals surface area contributed by atoms with E-state index in [1.54, 1.807) is 0 Å². The van der Waals surface area contributed by atoms with Crippen molar-refractivity contribution in [3.05, 3.63) is 0 Å². The van der Waals surface area contributed by atoms with E-state index in [9.17, 15) is 8.42 Å². The van der Waals surface area contributed by atoms with Gasteiger partial charge in [0.1, 0.15) is 0 Å². The third-order valence-corrected chi connectivity index (χ3v) is 4.06. The largest absolute Gasteiger partial charge is 0.381 e. The molecule has 0 unspecified atom stereocenters. The Labute approximate surface area is 96.6 Å². The van der Waals surface area contributed by atoms with E-state index in [2.05, 4.69) is 0 Å². The number of unbranched alkanes of at least 4 members (excludes halogenated alkanes) is 1. The molecule has 0 N–H and O–H groups in total. The van der Waals surface area contributed by atoms with E-state index in [0.717, 1.165) is 25.4 Å². The maximum absolute atomic E-state index is 10.6. The van der Waals surface area contributed by atoms with E-state index in [4.69, 9.17) is 15.4 Å². The van der Waals surface area contributed by atoms with E-state index in [1.165, 1.54) is 19.3 Å². The lowest BCUT2D eigenvalue weighted by Gasteiger charge is -2.24. The van der Waals surface area contributed by atoms with Gasteiger partial charge < -0.3 is 4.74 Å². The van der Waals surface area contributed by atoms with Crippen molar-refractivity contribution >= 4 is 19.7 Å². The van der Waals surface area contributed by atoms with Gasteiger partial charge in [0.15, 0.2) is 0 Å². The van der Waals surface area contributed by atoms with Crippen molar-refractivity contribution in [2.45, 2.75) is 38.5 Å². The first-order valence-corrected chi connectivity index (χ1v) is 8.06. The Kier molecular flexibility index (Phi) is 5.94. The predicted octanol–water partition coefficient (Wildman–Crippen LogP) is 2.54. The van der Waals surface area contributed by atoms with Gasteiger partial charge in [-0.25, -0.2) is 8.42 Å². The highest BCUT2D eigenvalue weighted by Gasteiger charge is 2.16. The summed E-state index contributed by atoms with van der Waals surface area (Å²) in [6.07, 6.45) is 6.61. The zero-order valence-electron chi connectivity index (χ0n) is 8.95. The van der Waals surface area contributed by atoms with Gasteiger partial charge in [-0.15, -0.1) is 0 Å². The van der Waals surface area contributed by atoms with Crippen LogP contribution in [0.4, 0.5) is 0 Å². The quantitative estimate of drug-likeness (QED) is 0.494. The van der Waals surface area contributed by atoms with E-state index in [-0.39, 0.29) is 5.75 Å². The highest BCUT2D eigenvalue weighted by atomic mass is 35.7. The number of hydrogen-bond acceptors (Lipinski definition) is 3. The van der Waals surface area contributed by atoms with Crippen molar-refractivity contribution in [2.75, 3.05) is 19.0 Å². The van der Waals surface area contributed by atoms with E-state index in [0.29, 0.717) is 13.0 Å². The number of ether oxygens (including phenoxy) is 1. The average Bonchev–Trinajstić information content (AvgIpc) is 2.04. The number of halogens is 1. The van der Waals surface area contributed by atoms with Crippen LogP contribution in [0.1, 0.15) is 38.5 Å². The first-order valence-electron chi connectivity index (χ1n) is 5.58. The van der Waals surface area contributed by atoms with Gasteiger partial charge in [0.05, 0.1) is 5.75 Å². The Morgan fingerprint density at radius 1 is 1.20 bits per heavy atom. The molecule has 0 amide bonds. The van der Waals surface area contributed by atoms with Crippen LogP contribution in [-0.2, 0) is 13.8 Å². The lowest BCUT2D eigenvalue weighted by molar-refractivity contribution is 0.104. The zero-order chi connectivity index (χ0) is 11.1. The molecule has 0 aliphatic heterocycles. The molecule has 15 heavy (non-hydrogen) atoms. The van der Waals surface area contributed by atoms with Gasteiger partial charge in [-0.05, 0) is 25.2 Å². The minimum absolute atomic E-state index is 0.0561. The second-order valence-corrected chi connectivity index (χ2v) is 7.04. The third-order valence-electron chi connectivity index (χ3n) is 2.82. The first-order chi connectivity index (χ1) is 7.08. The number of rotatable bonds is 8. The van der Waals surface area contributed by atoms with Crippen molar-refractivity contribution in [2.24, 2.45) is 5.92 Å². The molecular formula is C10H19ClO3S. The third kappa shape index (κ3) is 7.14. The van der Waals surface area contributed by atoms with Crippen molar-refractivity contribution in [3.8, 4) is 0 Å². The standard InChI is InChI=1S/C10H19ClO3S/c11-15(12,13)9-2-1-7-14-8-6-10-4-3-5-10/h10H,1-9H2. The van der Waals surface area contributed by atoms with Gasteiger partial charge in [-0.2, -0.15) is 0 Å². The van der Waals surface area contributed by atoms with E-state index >= 15 is 0 Å². The number of hydrogen-bond donors (Lipinski definition) is 0. The molecule has 1 aliphatic carbocycles. The molecule has 0 bridgehead atoms. The highest BCUT2D eigenvalue weighted by molar-refractivity contribution is 8.13. The smallest absolute Gasteiger partial charge is 0.232 e. The Balaban J connectivity index is 1.80. The summed E-state index contributed by atoms with van der Waals surface area (Å²) in [7, 11) is 1.76. The summed E-state index contributed by atoms with van der Waals surface area (Å²) in [6, 6.07) is 0. The monoisotopic (exact) mass is 254 g/mol.